The maximum atomic E-state index is 13.5. The van der Waals surface area contributed by atoms with Gasteiger partial charge in [-0.2, -0.15) is 5.26 Å². The average molecular weight is 300 g/mol. The van der Waals surface area contributed by atoms with Crippen molar-refractivity contribution in [2.45, 2.75) is 12.3 Å². The summed E-state index contributed by atoms with van der Waals surface area (Å²) < 4.78 is 15.4. The van der Waals surface area contributed by atoms with Gasteiger partial charge in [-0.25, -0.2) is 9.37 Å². The van der Waals surface area contributed by atoms with Crippen LogP contribution in [0.5, 0.6) is 0 Å². The zero-order chi connectivity index (χ0) is 15.0. The van der Waals surface area contributed by atoms with Crippen LogP contribution in [0, 0.1) is 17.1 Å². The van der Waals surface area contributed by atoms with E-state index in [4.69, 9.17) is 16.9 Å². The molecule has 3 aromatic rings. The molecule has 3 nitrogen and oxygen atoms in total. The molecule has 0 radical (unpaired) electrons. The molecule has 0 saturated heterocycles. The predicted octanol–water partition coefficient (Wildman–Crippen LogP) is 4.34. The van der Waals surface area contributed by atoms with Crippen LogP contribution < -0.4 is 0 Å². The molecule has 0 fully saturated rings. The highest BCUT2D eigenvalue weighted by atomic mass is 35.5. The van der Waals surface area contributed by atoms with Crippen molar-refractivity contribution in [2.75, 3.05) is 0 Å². The van der Waals surface area contributed by atoms with Crippen molar-refractivity contribution in [3.8, 4) is 11.8 Å². The van der Waals surface area contributed by atoms with E-state index in [-0.39, 0.29) is 10.9 Å². The molecular weight excluding hydrogens is 289 g/mol. The van der Waals surface area contributed by atoms with E-state index in [1.54, 1.807) is 6.07 Å². The number of para-hydroxylation sites is 2. The van der Waals surface area contributed by atoms with Crippen molar-refractivity contribution < 1.29 is 4.39 Å². The zero-order valence-electron chi connectivity index (χ0n) is 11.2. The minimum absolute atomic E-state index is 0.00143. The molecular formula is C16H11ClFN3. The van der Waals surface area contributed by atoms with Gasteiger partial charge < -0.3 is 0 Å². The third kappa shape index (κ3) is 2.26. The number of rotatable bonds is 2. The fraction of sp³-hybridized carbons (Fsp3) is 0.125. The lowest BCUT2D eigenvalue weighted by Gasteiger charge is -2.11. The van der Waals surface area contributed by atoms with Gasteiger partial charge >= 0.3 is 0 Å². The molecule has 104 valence electrons. The van der Waals surface area contributed by atoms with Crippen molar-refractivity contribution in [1.29, 1.82) is 5.26 Å². The molecule has 0 saturated carbocycles. The van der Waals surface area contributed by atoms with E-state index in [1.165, 1.54) is 12.1 Å². The third-order valence-electron chi connectivity index (χ3n) is 3.27. The number of aromatic nitrogens is 2. The van der Waals surface area contributed by atoms with E-state index >= 15 is 0 Å². The van der Waals surface area contributed by atoms with Crippen LogP contribution in [0.2, 0.25) is 0 Å². The summed E-state index contributed by atoms with van der Waals surface area (Å²) in [5.41, 5.74) is 2.35. The number of imidazole rings is 1. The molecule has 0 N–H and O–H groups in total. The summed E-state index contributed by atoms with van der Waals surface area (Å²) >= 11 is 6.21. The van der Waals surface area contributed by atoms with Crippen LogP contribution >= 0.6 is 11.6 Å². The van der Waals surface area contributed by atoms with Crippen LogP contribution in [0.1, 0.15) is 23.7 Å². The third-order valence-corrected chi connectivity index (χ3v) is 3.47. The Morgan fingerprint density at radius 2 is 2.05 bits per heavy atom. The number of alkyl halides is 1. The second-order valence-electron chi connectivity index (χ2n) is 4.69. The lowest BCUT2D eigenvalue weighted by molar-refractivity contribution is 0.623. The van der Waals surface area contributed by atoms with Gasteiger partial charge in [-0.3, -0.25) is 4.57 Å². The van der Waals surface area contributed by atoms with E-state index in [0.717, 1.165) is 11.0 Å². The van der Waals surface area contributed by atoms with Gasteiger partial charge in [-0.1, -0.05) is 12.1 Å². The number of hydrogen-bond acceptors (Lipinski definition) is 2. The molecule has 2 aromatic carbocycles. The first kappa shape index (κ1) is 13.6. The molecule has 1 heterocycles. The monoisotopic (exact) mass is 299 g/mol. The summed E-state index contributed by atoms with van der Waals surface area (Å²) in [5.74, 6) is 0.125. The number of hydrogen-bond donors (Lipinski definition) is 0. The largest absolute Gasteiger partial charge is 0.295 e. The average Bonchev–Trinajstić information content (AvgIpc) is 2.87. The second-order valence-corrected chi connectivity index (χ2v) is 5.34. The van der Waals surface area contributed by atoms with Crippen molar-refractivity contribution in [3.63, 3.8) is 0 Å². The van der Waals surface area contributed by atoms with E-state index in [2.05, 4.69) is 4.98 Å². The smallest absolute Gasteiger partial charge is 0.141 e. The summed E-state index contributed by atoms with van der Waals surface area (Å²) in [6, 6.07) is 13.9. The van der Waals surface area contributed by atoms with Gasteiger partial charge in [0.1, 0.15) is 17.7 Å². The van der Waals surface area contributed by atoms with E-state index in [0.29, 0.717) is 11.5 Å². The Labute approximate surface area is 126 Å². The molecule has 0 spiro atoms. The standard InChI is InChI=1S/C16H11ClFN3/c1-10(17)16-20-14-4-2-3-5-15(14)21(16)12-6-7-13(18)11(8-12)9-19/h2-8,10H,1H3. The SMILES string of the molecule is CC(Cl)c1nc2ccccc2n1-c1ccc(F)c(C#N)c1. The number of fused-ring (bicyclic) bond motifs is 1. The summed E-state index contributed by atoms with van der Waals surface area (Å²) in [5, 5.41) is 8.68. The lowest BCUT2D eigenvalue weighted by atomic mass is 10.2. The van der Waals surface area contributed by atoms with Crippen LogP contribution in [-0.2, 0) is 0 Å². The molecule has 0 bridgehead atoms. The molecule has 0 amide bonds. The zero-order valence-corrected chi connectivity index (χ0v) is 12.0. The van der Waals surface area contributed by atoms with Gasteiger partial charge in [0.2, 0.25) is 0 Å². The molecule has 0 aliphatic rings. The second kappa shape index (κ2) is 5.19. The Balaban J connectivity index is 2.33. The number of nitrogens with zero attached hydrogens (tertiary/aromatic N) is 3. The number of halogens is 2. The quantitative estimate of drug-likeness (QED) is 0.661. The van der Waals surface area contributed by atoms with Gasteiger partial charge in [-0.15, -0.1) is 11.6 Å². The fourth-order valence-corrected chi connectivity index (χ4v) is 2.47. The maximum absolute atomic E-state index is 13.5. The van der Waals surface area contributed by atoms with Crippen molar-refractivity contribution in [2.24, 2.45) is 0 Å². The van der Waals surface area contributed by atoms with E-state index in [1.807, 2.05) is 41.8 Å². The Hall–Kier alpha value is -2.38. The first-order valence-corrected chi connectivity index (χ1v) is 6.87. The highest BCUT2D eigenvalue weighted by Gasteiger charge is 2.17. The van der Waals surface area contributed by atoms with Crippen LogP contribution in [0.4, 0.5) is 4.39 Å². The Bertz CT molecular complexity index is 862. The molecule has 0 aliphatic carbocycles. The minimum atomic E-state index is -0.536. The Kier molecular flexibility index (Phi) is 3.36. The normalized spacial score (nSPS) is 12.3. The lowest BCUT2D eigenvalue weighted by Crippen LogP contribution is -2.02. The van der Waals surface area contributed by atoms with Crippen LogP contribution in [0.3, 0.4) is 0 Å². The number of nitriles is 1. The van der Waals surface area contributed by atoms with Crippen molar-refractivity contribution >= 4 is 22.6 Å². The van der Waals surface area contributed by atoms with Gasteiger partial charge in [0.25, 0.3) is 0 Å². The van der Waals surface area contributed by atoms with Crippen LogP contribution in [0.15, 0.2) is 42.5 Å². The summed E-state index contributed by atoms with van der Waals surface area (Å²) in [4.78, 5) is 4.52. The first-order valence-electron chi connectivity index (χ1n) is 6.43. The van der Waals surface area contributed by atoms with Gasteiger partial charge in [0.05, 0.1) is 22.0 Å². The summed E-state index contributed by atoms with van der Waals surface area (Å²) in [6.45, 7) is 1.83. The minimum Gasteiger partial charge on any atom is -0.295 e. The molecule has 0 aliphatic heterocycles. The Morgan fingerprint density at radius 3 is 2.76 bits per heavy atom. The molecule has 1 aromatic heterocycles. The maximum Gasteiger partial charge on any atom is 0.141 e. The van der Waals surface area contributed by atoms with Gasteiger partial charge in [0.15, 0.2) is 0 Å². The highest BCUT2D eigenvalue weighted by Crippen LogP contribution is 2.28. The predicted molar refractivity (Wildman–Crippen MR) is 80.0 cm³/mol. The van der Waals surface area contributed by atoms with Gasteiger partial charge in [-0.05, 0) is 37.3 Å². The van der Waals surface area contributed by atoms with Gasteiger partial charge in [0, 0.05) is 5.69 Å². The van der Waals surface area contributed by atoms with Crippen molar-refractivity contribution in [3.05, 3.63) is 59.7 Å². The summed E-state index contributed by atoms with van der Waals surface area (Å²) in [6.07, 6.45) is 0. The Morgan fingerprint density at radius 1 is 1.29 bits per heavy atom. The first-order chi connectivity index (χ1) is 10.1. The van der Waals surface area contributed by atoms with E-state index in [9.17, 15) is 4.39 Å². The molecule has 5 heteroatoms. The van der Waals surface area contributed by atoms with Crippen molar-refractivity contribution in [1.82, 2.24) is 9.55 Å². The highest BCUT2D eigenvalue weighted by molar-refractivity contribution is 6.20. The topological polar surface area (TPSA) is 41.6 Å². The molecule has 3 rings (SSSR count). The van der Waals surface area contributed by atoms with Crippen LogP contribution in [-0.4, -0.2) is 9.55 Å². The molecule has 1 atom stereocenters. The molecule has 1 unspecified atom stereocenters. The van der Waals surface area contributed by atoms with E-state index < -0.39 is 5.82 Å². The fourth-order valence-electron chi connectivity index (χ4n) is 2.32. The summed E-state index contributed by atoms with van der Waals surface area (Å²) in [7, 11) is 0. The number of benzene rings is 2. The van der Waals surface area contributed by atoms with Crippen LogP contribution in [0.25, 0.3) is 16.7 Å². The molecule has 21 heavy (non-hydrogen) atoms.